The van der Waals surface area contributed by atoms with Crippen LogP contribution in [0, 0.1) is 0 Å². The Labute approximate surface area is 80.1 Å². The largest absolute Gasteiger partial charge is 0.500 e. The van der Waals surface area contributed by atoms with Crippen molar-refractivity contribution >= 4 is 8.80 Å². The molecule has 3 saturated heterocycles. The van der Waals surface area contributed by atoms with Gasteiger partial charge in [0.1, 0.15) is 0 Å². The Hall–Kier alpha value is 0.0569. The predicted octanol–water partition coefficient (Wildman–Crippen LogP) is 0.324. The molecule has 0 aliphatic carbocycles. The highest BCUT2D eigenvalue weighted by molar-refractivity contribution is 6.60. The molecule has 3 heterocycles. The molecule has 0 unspecified atom stereocenters. The zero-order chi connectivity index (χ0) is 9.15. The lowest BCUT2D eigenvalue weighted by atomic mass is 10.4. The third-order valence-electron chi connectivity index (χ3n) is 2.73. The molecule has 0 aromatic carbocycles. The van der Waals surface area contributed by atoms with Crippen LogP contribution in [0.5, 0.6) is 0 Å². The highest BCUT2D eigenvalue weighted by atomic mass is 28.4. The molecule has 0 saturated carbocycles. The summed E-state index contributed by atoms with van der Waals surface area (Å²) < 4.78 is 16.9. The summed E-state index contributed by atoms with van der Waals surface area (Å²) in [4.78, 5) is 2.40. The minimum absolute atomic E-state index is 0.764. The van der Waals surface area contributed by atoms with Crippen molar-refractivity contribution in [1.29, 1.82) is 0 Å². The van der Waals surface area contributed by atoms with Gasteiger partial charge in [-0.2, -0.15) is 0 Å². The van der Waals surface area contributed by atoms with Crippen LogP contribution >= 0.6 is 0 Å². The first kappa shape index (κ1) is 9.61. The Balaban J connectivity index is 2.07. The number of hydrogen-bond donors (Lipinski definition) is 0. The number of rotatable bonds is 1. The molecule has 0 aromatic rings. The number of hydrogen-bond acceptors (Lipinski definition) is 4. The van der Waals surface area contributed by atoms with Crippen molar-refractivity contribution in [1.82, 2.24) is 4.90 Å². The van der Waals surface area contributed by atoms with Crippen molar-refractivity contribution in [3.8, 4) is 0 Å². The van der Waals surface area contributed by atoms with Gasteiger partial charge in [-0.05, 0) is 13.0 Å². The Bertz CT molecular complexity index is 152. The second-order valence-electron chi connectivity index (χ2n) is 3.53. The Morgan fingerprint density at radius 3 is 2.46 bits per heavy atom. The summed E-state index contributed by atoms with van der Waals surface area (Å²) >= 11 is 0. The summed E-state index contributed by atoms with van der Waals surface area (Å²) in [6.07, 6.45) is 1.14. The van der Waals surface area contributed by atoms with Crippen LogP contribution in [0.4, 0.5) is 0 Å². The summed E-state index contributed by atoms with van der Waals surface area (Å²) in [5.41, 5.74) is 0. The van der Waals surface area contributed by atoms with Crippen LogP contribution in [0.2, 0.25) is 6.04 Å². The normalized spacial score (nSPS) is 40.8. The van der Waals surface area contributed by atoms with E-state index in [0.717, 1.165) is 38.8 Å². The molecule has 3 aliphatic heterocycles. The molecule has 4 nitrogen and oxygen atoms in total. The van der Waals surface area contributed by atoms with Crippen LogP contribution < -0.4 is 0 Å². The van der Waals surface area contributed by atoms with Crippen LogP contribution in [-0.2, 0) is 13.3 Å². The van der Waals surface area contributed by atoms with Gasteiger partial charge in [0.25, 0.3) is 0 Å². The molecular formula is C8H17NO3Si. The smallest absolute Gasteiger partial charge is 0.377 e. The highest BCUT2D eigenvalue weighted by Crippen LogP contribution is 2.21. The van der Waals surface area contributed by atoms with Crippen LogP contribution in [0.1, 0.15) is 6.42 Å². The number of fused-ring (bicyclic) bond motifs is 6. The average Bonchev–Trinajstić information content (AvgIpc) is 2.01. The maximum atomic E-state index is 5.74. The molecule has 0 radical (unpaired) electrons. The van der Waals surface area contributed by atoms with E-state index in [1.807, 2.05) is 0 Å². The molecule has 5 heteroatoms. The Morgan fingerprint density at radius 1 is 1.15 bits per heavy atom. The number of nitrogens with zero attached hydrogens (tertiary/aromatic N) is 1. The van der Waals surface area contributed by atoms with Gasteiger partial charge in [-0.25, -0.2) is 0 Å². The predicted molar refractivity (Wildman–Crippen MR) is 50.5 cm³/mol. The standard InChI is InChI=1S/C8H17NO3Si/c1-10-13-8-2-3-9(4-6-11-13)5-7-12-13/h2-8H2,1H3. The van der Waals surface area contributed by atoms with Crippen LogP contribution in [0.3, 0.4) is 0 Å². The molecule has 13 heavy (non-hydrogen) atoms. The second kappa shape index (κ2) is 4.06. The monoisotopic (exact) mass is 203 g/mol. The molecular weight excluding hydrogens is 186 g/mol. The fraction of sp³-hybridized carbons (Fsp3) is 1.00. The minimum Gasteiger partial charge on any atom is -0.377 e. The van der Waals surface area contributed by atoms with Gasteiger partial charge in [-0.15, -0.1) is 0 Å². The maximum absolute atomic E-state index is 5.74. The van der Waals surface area contributed by atoms with Gasteiger partial charge in [0, 0.05) is 26.2 Å². The molecule has 0 spiro atoms. The van der Waals surface area contributed by atoms with E-state index in [9.17, 15) is 0 Å². The second-order valence-corrected chi connectivity index (χ2v) is 6.38. The van der Waals surface area contributed by atoms with E-state index in [2.05, 4.69) is 4.90 Å². The first-order chi connectivity index (χ1) is 6.35. The summed E-state index contributed by atoms with van der Waals surface area (Å²) in [7, 11) is -0.512. The van der Waals surface area contributed by atoms with Gasteiger partial charge in [-0.3, -0.25) is 4.90 Å². The first-order valence-electron chi connectivity index (χ1n) is 4.90. The molecule has 0 aromatic heterocycles. The summed E-state index contributed by atoms with van der Waals surface area (Å²) in [6.45, 7) is 4.76. The van der Waals surface area contributed by atoms with Gasteiger partial charge in [0.15, 0.2) is 0 Å². The summed E-state index contributed by atoms with van der Waals surface area (Å²) in [5, 5.41) is 0. The molecule has 76 valence electrons. The molecule has 0 N–H and O–H groups in total. The van der Waals surface area contributed by atoms with Crippen molar-refractivity contribution in [2.24, 2.45) is 0 Å². The Morgan fingerprint density at radius 2 is 1.85 bits per heavy atom. The van der Waals surface area contributed by atoms with Gasteiger partial charge in [0.2, 0.25) is 0 Å². The maximum Gasteiger partial charge on any atom is 0.500 e. The van der Waals surface area contributed by atoms with Crippen molar-refractivity contribution in [2.75, 3.05) is 40.0 Å². The zero-order valence-corrected chi connectivity index (χ0v) is 9.12. The summed E-state index contributed by atoms with van der Waals surface area (Å²) in [6, 6.07) is 0.972. The van der Waals surface area contributed by atoms with Gasteiger partial charge in [0.05, 0.1) is 13.2 Å². The zero-order valence-electron chi connectivity index (χ0n) is 8.12. The van der Waals surface area contributed by atoms with Crippen LogP contribution in [0.15, 0.2) is 0 Å². The SMILES string of the molecule is CO[Si]12CCCN(CCO1)CCO2. The fourth-order valence-corrected chi connectivity index (χ4v) is 4.13. The van der Waals surface area contributed by atoms with Crippen molar-refractivity contribution < 1.29 is 13.3 Å². The first-order valence-corrected chi connectivity index (χ1v) is 6.83. The molecule has 0 atom stereocenters. The van der Waals surface area contributed by atoms with Gasteiger partial charge < -0.3 is 13.3 Å². The van der Waals surface area contributed by atoms with E-state index in [0.29, 0.717) is 0 Å². The van der Waals surface area contributed by atoms with Crippen molar-refractivity contribution in [3.05, 3.63) is 0 Å². The van der Waals surface area contributed by atoms with Gasteiger partial charge in [-0.1, -0.05) is 0 Å². The fourth-order valence-electron chi connectivity index (χ4n) is 1.92. The quantitative estimate of drug-likeness (QED) is 0.574. The molecule has 0 amide bonds. The average molecular weight is 203 g/mol. The van der Waals surface area contributed by atoms with E-state index < -0.39 is 8.80 Å². The lowest BCUT2D eigenvalue weighted by Crippen LogP contribution is -2.52. The summed E-state index contributed by atoms with van der Waals surface area (Å²) in [5.74, 6) is 0. The van der Waals surface area contributed by atoms with Crippen LogP contribution in [0.25, 0.3) is 0 Å². The van der Waals surface area contributed by atoms with Crippen molar-refractivity contribution in [3.63, 3.8) is 0 Å². The molecule has 3 fully saturated rings. The molecule has 3 aliphatic rings. The van der Waals surface area contributed by atoms with Crippen molar-refractivity contribution in [2.45, 2.75) is 12.5 Å². The van der Waals surface area contributed by atoms with Crippen LogP contribution in [-0.4, -0.2) is 53.7 Å². The van der Waals surface area contributed by atoms with E-state index >= 15 is 0 Å². The topological polar surface area (TPSA) is 30.9 Å². The van der Waals surface area contributed by atoms with E-state index in [1.165, 1.54) is 6.54 Å². The minimum atomic E-state index is -2.23. The van der Waals surface area contributed by atoms with Gasteiger partial charge >= 0.3 is 8.80 Å². The van der Waals surface area contributed by atoms with E-state index in [4.69, 9.17) is 13.3 Å². The lowest BCUT2D eigenvalue weighted by Gasteiger charge is -2.36. The Kier molecular flexibility index (Phi) is 3.00. The lowest BCUT2D eigenvalue weighted by molar-refractivity contribution is 0.0246. The molecule has 3 rings (SSSR count). The third kappa shape index (κ3) is 2.11. The highest BCUT2D eigenvalue weighted by Gasteiger charge is 2.42. The van der Waals surface area contributed by atoms with E-state index in [-0.39, 0.29) is 0 Å². The molecule has 2 bridgehead atoms. The third-order valence-corrected chi connectivity index (χ3v) is 5.60. The van der Waals surface area contributed by atoms with E-state index in [1.54, 1.807) is 7.11 Å².